The smallest absolute Gasteiger partial charge is 0.196 e. The number of nitrogen functional groups attached to an aromatic ring is 2. The van der Waals surface area contributed by atoms with E-state index in [0.29, 0.717) is 5.56 Å². The van der Waals surface area contributed by atoms with Gasteiger partial charge < -0.3 is 21.7 Å². The number of carbonyl (C=O) groups is 1. The van der Waals surface area contributed by atoms with Gasteiger partial charge in [0, 0.05) is 5.56 Å². The molecular formula is C13H12N2O3. The number of rotatable bonds is 2. The van der Waals surface area contributed by atoms with Gasteiger partial charge in [0.05, 0.1) is 11.3 Å². The van der Waals surface area contributed by atoms with Gasteiger partial charge in [0.2, 0.25) is 0 Å². The third-order valence-corrected chi connectivity index (χ3v) is 2.62. The number of nitrogens with two attached hydrogens (primary N) is 2. The molecule has 2 aromatic carbocycles. The molecule has 92 valence electrons. The van der Waals surface area contributed by atoms with Crippen molar-refractivity contribution in [2.75, 3.05) is 11.5 Å². The van der Waals surface area contributed by atoms with Gasteiger partial charge in [0.15, 0.2) is 17.3 Å². The fourth-order valence-corrected chi connectivity index (χ4v) is 1.62. The number of benzene rings is 2. The molecule has 2 rings (SSSR count). The van der Waals surface area contributed by atoms with Crippen molar-refractivity contribution in [2.45, 2.75) is 0 Å². The zero-order valence-electron chi connectivity index (χ0n) is 9.42. The Morgan fingerprint density at radius 1 is 1.00 bits per heavy atom. The summed E-state index contributed by atoms with van der Waals surface area (Å²) in [5.74, 6) is -1.29. The van der Waals surface area contributed by atoms with Crippen LogP contribution in [0.5, 0.6) is 11.5 Å². The summed E-state index contributed by atoms with van der Waals surface area (Å²) < 4.78 is 0. The minimum absolute atomic E-state index is 0.0333. The van der Waals surface area contributed by atoms with E-state index >= 15 is 0 Å². The first-order chi connectivity index (χ1) is 8.52. The van der Waals surface area contributed by atoms with Crippen LogP contribution in [0, 0.1) is 0 Å². The Bertz CT molecular complexity index is 609. The van der Waals surface area contributed by atoms with Crippen LogP contribution in [0.1, 0.15) is 15.9 Å². The van der Waals surface area contributed by atoms with E-state index in [0.717, 1.165) is 0 Å². The summed E-state index contributed by atoms with van der Waals surface area (Å²) in [6.45, 7) is 0. The lowest BCUT2D eigenvalue weighted by atomic mass is 10.0. The van der Waals surface area contributed by atoms with Crippen molar-refractivity contribution < 1.29 is 15.0 Å². The van der Waals surface area contributed by atoms with E-state index in [-0.39, 0.29) is 16.9 Å². The molecule has 2 aromatic rings. The number of phenols is 2. The monoisotopic (exact) mass is 244 g/mol. The van der Waals surface area contributed by atoms with Crippen LogP contribution < -0.4 is 11.5 Å². The van der Waals surface area contributed by atoms with E-state index in [1.165, 1.54) is 6.07 Å². The number of hydrogen-bond donors (Lipinski definition) is 4. The van der Waals surface area contributed by atoms with Gasteiger partial charge in [-0.2, -0.15) is 0 Å². The van der Waals surface area contributed by atoms with Gasteiger partial charge in [-0.3, -0.25) is 4.79 Å². The average Bonchev–Trinajstić information content (AvgIpc) is 2.41. The maximum Gasteiger partial charge on any atom is 0.196 e. The van der Waals surface area contributed by atoms with Crippen LogP contribution >= 0.6 is 0 Å². The fraction of sp³-hybridized carbons (Fsp3) is 0. The number of anilines is 2. The summed E-state index contributed by atoms with van der Waals surface area (Å²) in [4.78, 5) is 12.1. The van der Waals surface area contributed by atoms with Crippen molar-refractivity contribution in [1.29, 1.82) is 0 Å². The third kappa shape index (κ3) is 1.82. The van der Waals surface area contributed by atoms with Gasteiger partial charge in [0.1, 0.15) is 5.69 Å². The van der Waals surface area contributed by atoms with Crippen LogP contribution in [0.25, 0.3) is 0 Å². The van der Waals surface area contributed by atoms with Crippen molar-refractivity contribution >= 4 is 17.2 Å². The molecule has 0 heterocycles. The van der Waals surface area contributed by atoms with Crippen molar-refractivity contribution in [1.82, 2.24) is 0 Å². The molecule has 0 amide bonds. The van der Waals surface area contributed by atoms with Gasteiger partial charge in [-0.15, -0.1) is 0 Å². The second kappa shape index (κ2) is 4.29. The quantitative estimate of drug-likeness (QED) is 0.277. The summed E-state index contributed by atoms with van der Waals surface area (Å²) in [5, 5.41) is 19.2. The summed E-state index contributed by atoms with van der Waals surface area (Å²) in [5.41, 5.74) is 11.0. The molecule has 0 aliphatic heterocycles. The molecule has 0 spiro atoms. The molecule has 0 atom stereocenters. The van der Waals surface area contributed by atoms with Crippen molar-refractivity contribution in [3.05, 3.63) is 47.5 Å². The van der Waals surface area contributed by atoms with Gasteiger partial charge in [-0.05, 0) is 6.07 Å². The average molecular weight is 244 g/mol. The first kappa shape index (κ1) is 11.8. The van der Waals surface area contributed by atoms with Crippen molar-refractivity contribution in [3.63, 3.8) is 0 Å². The number of ketones is 1. The molecule has 0 aliphatic rings. The zero-order valence-corrected chi connectivity index (χ0v) is 9.42. The predicted molar refractivity (Wildman–Crippen MR) is 68.5 cm³/mol. The maximum absolute atomic E-state index is 12.1. The molecule has 0 saturated carbocycles. The van der Waals surface area contributed by atoms with Crippen LogP contribution in [0.3, 0.4) is 0 Å². The SMILES string of the molecule is Nc1cc(C(=O)c2ccccc2)c(O)c(N)c1O. The Morgan fingerprint density at radius 3 is 2.22 bits per heavy atom. The van der Waals surface area contributed by atoms with Crippen LogP contribution in [0.4, 0.5) is 11.4 Å². The van der Waals surface area contributed by atoms with E-state index in [1.54, 1.807) is 30.3 Å². The van der Waals surface area contributed by atoms with Crippen molar-refractivity contribution in [3.8, 4) is 11.5 Å². The Hall–Kier alpha value is -2.69. The third-order valence-electron chi connectivity index (χ3n) is 2.62. The Morgan fingerprint density at radius 2 is 1.61 bits per heavy atom. The minimum Gasteiger partial charge on any atom is -0.505 e. The molecule has 0 radical (unpaired) electrons. The van der Waals surface area contributed by atoms with E-state index in [4.69, 9.17) is 11.5 Å². The molecule has 0 unspecified atom stereocenters. The first-order valence-corrected chi connectivity index (χ1v) is 5.22. The highest BCUT2D eigenvalue weighted by Crippen LogP contribution is 2.39. The molecule has 6 N–H and O–H groups in total. The fourth-order valence-electron chi connectivity index (χ4n) is 1.62. The maximum atomic E-state index is 12.1. The number of aromatic hydroxyl groups is 2. The molecule has 0 aromatic heterocycles. The molecule has 18 heavy (non-hydrogen) atoms. The topological polar surface area (TPSA) is 110 Å². The summed E-state index contributed by atoms with van der Waals surface area (Å²) >= 11 is 0. The lowest BCUT2D eigenvalue weighted by Crippen LogP contribution is -2.05. The lowest BCUT2D eigenvalue weighted by Gasteiger charge is -2.10. The molecule has 0 aliphatic carbocycles. The number of phenolic OH excluding ortho intramolecular Hbond substituents is 2. The standard InChI is InChI=1S/C13H12N2O3/c14-9-6-8(12(17)10(15)13(9)18)11(16)7-4-2-1-3-5-7/h1-6,17-18H,14-15H2. The Kier molecular flexibility index (Phi) is 2.81. The van der Waals surface area contributed by atoms with Crippen molar-refractivity contribution in [2.24, 2.45) is 0 Å². The summed E-state index contributed by atoms with van der Waals surface area (Å²) in [6, 6.07) is 9.61. The normalized spacial score (nSPS) is 10.2. The highest BCUT2D eigenvalue weighted by atomic mass is 16.3. The van der Waals surface area contributed by atoms with Gasteiger partial charge >= 0.3 is 0 Å². The van der Waals surface area contributed by atoms with Gasteiger partial charge in [-0.1, -0.05) is 30.3 Å². The summed E-state index contributed by atoms with van der Waals surface area (Å²) in [7, 11) is 0. The van der Waals surface area contributed by atoms with E-state index in [2.05, 4.69) is 0 Å². The number of carbonyl (C=O) groups excluding carboxylic acids is 1. The molecule has 0 bridgehead atoms. The van der Waals surface area contributed by atoms with Crippen LogP contribution in [0.15, 0.2) is 36.4 Å². The molecular weight excluding hydrogens is 232 g/mol. The second-order valence-electron chi connectivity index (χ2n) is 3.82. The van der Waals surface area contributed by atoms with E-state index in [9.17, 15) is 15.0 Å². The van der Waals surface area contributed by atoms with Crippen LogP contribution in [-0.2, 0) is 0 Å². The summed E-state index contributed by atoms with van der Waals surface area (Å²) in [6.07, 6.45) is 0. The van der Waals surface area contributed by atoms with Crippen LogP contribution in [-0.4, -0.2) is 16.0 Å². The highest BCUT2D eigenvalue weighted by molar-refractivity contribution is 6.12. The largest absolute Gasteiger partial charge is 0.505 e. The lowest BCUT2D eigenvalue weighted by molar-refractivity contribution is 0.103. The Labute approximate surface area is 103 Å². The Balaban J connectivity index is 2.56. The zero-order chi connectivity index (χ0) is 13.3. The molecule has 5 heteroatoms. The van der Waals surface area contributed by atoms with Gasteiger partial charge in [0.25, 0.3) is 0 Å². The second-order valence-corrected chi connectivity index (χ2v) is 3.82. The first-order valence-electron chi connectivity index (χ1n) is 5.22. The molecule has 5 nitrogen and oxygen atoms in total. The highest BCUT2D eigenvalue weighted by Gasteiger charge is 2.19. The minimum atomic E-state index is -0.462. The molecule has 0 saturated heterocycles. The van der Waals surface area contributed by atoms with Crippen LogP contribution in [0.2, 0.25) is 0 Å². The van der Waals surface area contributed by atoms with Gasteiger partial charge in [-0.25, -0.2) is 0 Å². The predicted octanol–water partition coefficient (Wildman–Crippen LogP) is 1.49. The number of hydrogen-bond acceptors (Lipinski definition) is 5. The van der Waals surface area contributed by atoms with E-state index < -0.39 is 17.3 Å². The van der Waals surface area contributed by atoms with E-state index in [1.807, 2.05) is 0 Å². The molecule has 0 fully saturated rings.